The van der Waals surface area contributed by atoms with Gasteiger partial charge in [-0.15, -0.1) is 10.2 Å². The normalized spacial score (nSPS) is 11.8. The van der Waals surface area contributed by atoms with E-state index in [4.69, 9.17) is 4.74 Å². The molecule has 7 heteroatoms. The van der Waals surface area contributed by atoms with Crippen molar-refractivity contribution in [3.8, 4) is 5.75 Å². The average Bonchev–Trinajstić information content (AvgIpc) is 3.02. The maximum absolute atomic E-state index is 12.5. The molecule has 2 aromatic carbocycles. The number of carbonyl (C=O) groups excluding carboxylic acids is 1. The van der Waals surface area contributed by atoms with Crippen LogP contribution in [-0.4, -0.2) is 33.0 Å². The Hall–Kier alpha value is -2.80. The van der Waals surface area contributed by atoms with Crippen LogP contribution >= 0.6 is 11.8 Å². The highest BCUT2D eigenvalue weighted by Crippen LogP contribution is 2.24. The highest BCUT2D eigenvalue weighted by atomic mass is 32.2. The third kappa shape index (κ3) is 4.89. The van der Waals surface area contributed by atoms with Gasteiger partial charge in [0.15, 0.2) is 5.16 Å². The molecule has 0 saturated carbocycles. The van der Waals surface area contributed by atoms with Gasteiger partial charge >= 0.3 is 0 Å². The third-order valence-corrected chi connectivity index (χ3v) is 5.17. The molecule has 6 nitrogen and oxygen atoms in total. The SMILES string of the molecule is COc1ccc(NC(=O)[C@@H](C)Sc2nnc(C)n2Cc2ccccc2)cc1. The van der Waals surface area contributed by atoms with Crippen LogP contribution in [0.1, 0.15) is 18.3 Å². The summed E-state index contributed by atoms with van der Waals surface area (Å²) in [7, 11) is 1.61. The second-order valence-electron chi connectivity index (χ2n) is 6.08. The molecule has 0 radical (unpaired) electrons. The first-order valence-corrected chi connectivity index (χ1v) is 9.50. The number of aromatic nitrogens is 3. The van der Waals surface area contributed by atoms with Crippen LogP contribution in [0.3, 0.4) is 0 Å². The Morgan fingerprint density at radius 2 is 1.85 bits per heavy atom. The number of carbonyl (C=O) groups is 1. The quantitative estimate of drug-likeness (QED) is 0.630. The highest BCUT2D eigenvalue weighted by Gasteiger charge is 2.19. The van der Waals surface area contributed by atoms with Crippen molar-refractivity contribution in [2.75, 3.05) is 12.4 Å². The van der Waals surface area contributed by atoms with Crippen LogP contribution in [0.4, 0.5) is 5.69 Å². The van der Waals surface area contributed by atoms with E-state index in [1.807, 2.05) is 60.9 Å². The lowest BCUT2D eigenvalue weighted by molar-refractivity contribution is -0.115. The van der Waals surface area contributed by atoms with Crippen LogP contribution < -0.4 is 10.1 Å². The number of aryl methyl sites for hydroxylation is 1. The van der Waals surface area contributed by atoms with Crippen LogP contribution in [0, 0.1) is 6.92 Å². The van der Waals surface area contributed by atoms with Crippen molar-refractivity contribution in [3.05, 3.63) is 66.0 Å². The van der Waals surface area contributed by atoms with Crippen LogP contribution in [0.15, 0.2) is 59.8 Å². The second kappa shape index (κ2) is 8.73. The molecule has 27 heavy (non-hydrogen) atoms. The number of rotatable bonds is 7. The lowest BCUT2D eigenvalue weighted by atomic mass is 10.2. The summed E-state index contributed by atoms with van der Waals surface area (Å²) in [6, 6.07) is 17.4. The van der Waals surface area contributed by atoms with Crippen molar-refractivity contribution in [2.45, 2.75) is 30.8 Å². The molecule has 0 bridgehead atoms. The Labute approximate surface area is 163 Å². The molecule has 0 aliphatic heterocycles. The summed E-state index contributed by atoms with van der Waals surface area (Å²) in [5, 5.41) is 11.8. The van der Waals surface area contributed by atoms with Gasteiger partial charge in [-0.1, -0.05) is 42.1 Å². The van der Waals surface area contributed by atoms with Gasteiger partial charge in [-0.05, 0) is 43.7 Å². The summed E-state index contributed by atoms with van der Waals surface area (Å²) >= 11 is 1.40. The van der Waals surface area contributed by atoms with Gasteiger partial charge in [0.2, 0.25) is 5.91 Å². The second-order valence-corrected chi connectivity index (χ2v) is 7.39. The lowest BCUT2D eigenvalue weighted by Crippen LogP contribution is -2.23. The molecule has 3 aromatic rings. The summed E-state index contributed by atoms with van der Waals surface area (Å²) in [5.41, 5.74) is 1.90. The number of hydrogen-bond donors (Lipinski definition) is 1. The minimum atomic E-state index is -0.315. The lowest BCUT2D eigenvalue weighted by Gasteiger charge is -2.13. The van der Waals surface area contributed by atoms with E-state index in [2.05, 4.69) is 27.6 Å². The van der Waals surface area contributed by atoms with Crippen molar-refractivity contribution in [1.29, 1.82) is 0 Å². The molecule has 1 aromatic heterocycles. The molecule has 0 spiro atoms. The van der Waals surface area contributed by atoms with E-state index in [1.165, 1.54) is 11.8 Å². The Morgan fingerprint density at radius 1 is 1.15 bits per heavy atom. The smallest absolute Gasteiger partial charge is 0.237 e. The minimum absolute atomic E-state index is 0.0860. The molecule has 1 N–H and O–H groups in total. The molecule has 140 valence electrons. The number of nitrogens with zero attached hydrogens (tertiary/aromatic N) is 3. The van der Waals surface area contributed by atoms with Gasteiger partial charge in [0.25, 0.3) is 0 Å². The largest absolute Gasteiger partial charge is 0.497 e. The van der Waals surface area contributed by atoms with Gasteiger partial charge in [-0.25, -0.2) is 0 Å². The Kier molecular flexibility index (Phi) is 6.13. The number of nitrogens with one attached hydrogen (secondary N) is 1. The van der Waals surface area contributed by atoms with E-state index in [1.54, 1.807) is 7.11 Å². The zero-order valence-electron chi connectivity index (χ0n) is 15.5. The van der Waals surface area contributed by atoms with E-state index in [-0.39, 0.29) is 11.2 Å². The predicted molar refractivity (Wildman–Crippen MR) is 107 cm³/mol. The van der Waals surface area contributed by atoms with Crippen LogP contribution in [0.5, 0.6) is 5.75 Å². The fraction of sp³-hybridized carbons (Fsp3) is 0.250. The van der Waals surface area contributed by atoms with Gasteiger partial charge in [0.05, 0.1) is 18.9 Å². The molecule has 0 aliphatic carbocycles. The number of benzene rings is 2. The van der Waals surface area contributed by atoms with E-state index >= 15 is 0 Å². The molecule has 0 fully saturated rings. The summed E-state index contributed by atoms with van der Waals surface area (Å²) in [4.78, 5) is 12.5. The minimum Gasteiger partial charge on any atom is -0.497 e. The Balaban J connectivity index is 1.66. The van der Waals surface area contributed by atoms with E-state index in [9.17, 15) is 4.79 Å². The molecular formula is C20H22N4O2S. The fourth-order valence-electron chi connectivity index (χ4n) is 2.53. The first-order valence-electron chi connectivity index (χ1n) is 8.62. The van der Waals surface area contributed by atoms with Crippen molar-refractivity contribution in [1.82, 2.24) is 14.8 Å². The van der Waals surface area contributed by atoms with Crippen molar-refractivity contribution in [2.24, 2.45) is 0 Å². The summed E-state index contributed by atoms with van der Waals surface area (Å²) in [6.07, 6.45) is 0. The van der Waals surface area contributed by atoms with Gasteiger partial charge in [-0.2, -0.15) is 0 Å². The summed E-state index contributed by atoms with van der Waals surface area (Å²) in [6.45, 7) is 4.46. The maximum atomic E-state index is 12.5. The zero-order valence-corrected chi connectivity index (χ0v) is 16.4. The number of thioether (sulfide) groups is 1. The average molecular weight is 382 g/mol. The molecular weight excluding hydrogens is 360 g/mol. The monoisotopic (exact) mass is 382 g/mol. The van der Waals surface area contributed by atoms with E-state index in [0.29, 0.717) is 6.54 Å². The highest BCUT2D eigenvalue weighted by molar-refractivity contribution is 8.00. The number of ether oxygens (including phenoxy) is 1. The topological polar surface area (TPSA) is 69.0 Å². The van der Waals surface area contributed by atoms with E-state index < -0.39 is 0 Å². The molecule has 1 amide bonds. The number of hydrogen-bond acceptors (Lipinski definition) is 5. The Bertz CT molecular complexity index is 894. The van der Waals surface area contributed by atoms with Gasteiger partial charge < -0.3 is 14.6 Å². The molecule has 0 aliphatic rings. The zero-order chi connectivity index (χ0) is 19.2. The van der Waals surface area contributed by atoms with Crippen LogP contribution in [0.2, 0.25) is 0 Å². The predicted octanol–water partition coefficient (Wildman–Crippen LogP) is 3.76. The van der Waals surface area contributed by atoms with Crippen LogP contribution in [-0.2, 0) is 11.3 Å². The van der Waals surface area contributed by atoms with Crippen molar-refractivity contribution >= 4 is 23.4 Å². The number of methoxy groups -OCH3 is 1. The molecule has 1 heterocycles. The van der Waals surface area contributed by atoms with E-state index in [0.717, 1.165) is 28.0 Å². The van der Waals surface area contributed by atoms with Crippen LogP contribution in [0.25, 0.3) is 0 Å². The van der Waals surface area contributed by atoms with Gasteiger partial charge in [-0.3, -0.25) is 4.79 Å². The Morgan fingerprint density at radius 3 is 2.52 bits per heavy atom. The third-order valence-electron chi connectivity index (χ3n) is 4.09. The standard InChI is InChI=1S/C20H22N4O2S/c1-14(19(25)21-17-9-11-18(26-3)12-10-17)27-20-23-22-15(2)24(20)13-16-7-5-4-6-8-16/h4-12,14H,13H2,1-3H3,(H,21,25)/t14-/m1/s1. The molecule has 0 saturated heterocycles. The first-order chi connectivity index (χ1) is 13.1. The van der Waals surface area contributed by atoms with Crippen molar-refractivity contribution in [3.63, 3.8) is 0 Å². The van der Waals surface area contributed by atoms with Gasteiger partial charge in [0, 0.05) is 5.69 Å². The maximum Gasteiger partial charge on any atom is 0.237 e. The molecule has 1 atom stereocenters. The van der Waals surface area contributed by atoms with Crippen molar-refractivity contribution < 1.29 is 9.53 Å². The molecule has 3 rings (SSSR count). The first kappa shape index (κ1) is 19.0. The number of anilines is 1. The summed E-state index contributed by atoms with van der Waals surface area (Å²) in [5.74, 6) is 1.49. The summed E-state index contributed by atoms with van der Waals surface area (Å²) < 4.78 is 7.16. The van der Waals surface area contributed by atoms with Gasteiger partial charge in [0.1, 0.15) is 11.6 Å². The number of amides is 1. The molecule has 0 unspecified atom stereocenters. The fourth-order valence-corrected chi connectivity index (χ4v) is 3.42.